The van der Waals surface area contributed by atoms with Crippen molar-refractivity contribution in [2.75, 3.05) is 18.5 Å². The summed E-state index contributed by atoms with van der Waals surface area (Å²) in [5, 5.41) is 6.48. The van der Waals surface area contributed by atoms with Crippen LogP contribution in [0.4, 0.5) is 32.2 Å². The molecule has 1 aromatic heterocycles. The standard InChI is InChI=1S/C21H23F6N3O2/c1-12-7-18(29-32-12)30(2)17-5-3-13(4-6-17)11-28-19(31)14-8-15(20(22,23)24)10-16(9-14)21(25,26)27/h7-10,13,17H,3-6,11H2,1-2H3,(H,28,31)/t13-,17-. The Morgan fingerprint density at radius 2 is 1.59 bits per heavy atom. The molecule has 5 nitrogen and oxygen atoms in total. The van der Waals surface area contributed by atoms with Crippen LogP contribution in [0.25, 0.3) is 0 Å². The van der Waals surface area contributed by atoms with E-state index >= 15 is 0 Å². The first kappa shape index (κ1) is 23.9. The zero-order chi connectivity index (χ0) is 23.7. The quantitative estimate of drug-likeness (QED) is 0.600. The van der Waals surface area contributed by atoms with E-state index in [2.05, 4.69) is 10.5 Å². The molecule has 1 fully saturated rings. The molecule has 1 N–H and O–H groups in total. The van der Waals surface area contributed by atoms with Gasteiger partial charge in [0.25, 0.3) is 5.91 Å². The summed E-state index contributed by atoms with van der Waals surface area (Å²) >= 11 is 0. The van der Waals surface area contributed by atoms with Crippen molar-refractivity contribution in [3.05, 3.63) is 46.7 Å². The van der Waals surface area contributed by atoms with Gasteiger partial charge in [-0.25, -0.2) is 0 Å². The van der Waals surface area contributed by atoms with Crippen molar-refractivity contribution >= 4 is 11.7 Å². The highest BCUT2D eigenvalue weighted by molar-refractivity contribution is 5.94. The van der Waals surface area contributed by atoms with Gasteiger partial charge in [0, 0.05) is 31.3 Å². The van der Waals surface area contributed by atoms with Gasteiger partial charge in [0.2, 0.25) is 0 Å². The zero-order valence-electron chi connectivity index (χ0n) is 17.5. The van der Waals surface area contributed by atoms with E-state index < -0.39 is 35.0 Å². The first-order valence-corrected chi connectivity index (χ1v) is 10.1. The van der Waals surface area contributed by atoms with Crippen molar-refractivity contribution in [1.82, 2.24) is 10.5 Å². The number of halogens is 6. The van der Waals surface area contributed by atoms with Gasteiger partial charge in [-0.2, -0.15) is 26.3 Å². The van der Waals surface area contributed by atoms with Crippen molar-refractivity contribution in [3.8, 4) is 0 Å². The zero-order valence-corrected chi connectivity index (χ0v) is 17.5. The molecule has 0 unspecified atom stereocenters. The number of rotatable bonds is 5. The van der Waals surface area contributed by atoms with Crippen LogP contribution in [0.3, 0.4) is 0 Å². The molecule has 0 atom stereocenters. The van der Waals surface area contributed by atoms with Crippen molar-refractivity contribution in [3.63, 3.8) is 0 Å². The van der Waals surface area contributed by atoms with E-state index in [1.165, 1.54) is 0 Å². The maximum atomic E-state index is 13.0. The molecule has 1 saturated carbocycles. The van der Waals surface area contributed by atoms with Crippen molar-refractivity contribution < 1.29 is 35.7 Å². The predicted octanol–water partition coefficient (Wildman–Crippen LogP) is 5.45. The van der Waals surface area contributed by atoms with Crippen LogP contribution in [0.5, 0.6) is 0 Å². The van der Waals surface area contributed by atoms with Crippen LogP contribution in [0.15, 0.2) is 28.8 Å². The summed E-state index contributed by atoms with van der Waals surface area (Å²) in [6.45, 7) is 1.97. The molecule has 0 radical (unpaired) electrons. The molecule has 2 aromatic rings. The normalized spacial score (nSPS) is 19.6. The van der Waals surface area contributed by atoms with Gasteiger partial charge in [-0.1, -0.05) is 5.16 Å². The first-order valence-electron chi connectivity index (χ1n) is 10.1. The minimum atomic E-state index is -5.00. The highest BCUT2D eigenvalue weighted by Gasteiger charge is 2.37. The second kappa shape index (κ2) is 9.03. The highest BCUT2D eigenvalue weighted by Crippen LogP contribution is 2.36. The second-order valence-electron chi connectivity index (χ2n) is 8.09. The number of alkyl halides is 6. The maximum absolute atomic E-state index is 13.0. The molecular weight excluding hydrogens is 440 g/mol. The van der Waals surface area contributed by atoms with Gasteiger partial charge in [-0.3, -0.25) is 4.79 Å². The van der Waals surface area contributed by atoms with Crippen LogP contribution in [0.1, 0.15) is 52.9 Å². The summed E-state index contributed by atoms with van der Waals surface area (Å²) in [4.78, 5) is 14.4. The summed E-state index contributed by atoms with van der Waals surface area (Å²) in [5.74, 6) is 0.547. The minimum absolute atomic E-state index is 0.00488. The number of carbonyl (C=O) groups is 1. The molecule has 1 heterocycles. The van der Waals surface area contributed by atoms with Crippen molar-refractivity contribution in [1.29, 1.82) is 0 Å². The van der Waals surface area contributed by atoms with E-state index in [-0.39, 0.29) is 24.6 Å². The highest BCUT2D eigenvalue weighted by atomic mass is 19.4. The maximum Gasteiger partial charge on any atom is 0.416 e. The molecule has 176 valence electrons. The van der Waals surface area contributed by atoms with Gasteiger partial charge in [0.05, 0.1) is 11.1 Å². The number of hydrogen-bond donors (Lipinski definition) is 1. The van der Waals surface area contributed by atoms with Gasteiger partial charge >= 0.3 is 12.4 Å². The second-order valence-corrected chi connectivity index (χ2v) is 8.09. The van der Waals surface area contributed by atoms with Crippen LogP contribution in [-0.2, 0) is 12.4 Å². The Kier molecular flexibility index (Phi) is 6.75. The summed E-state index contributed by atoms with van der Waals surface area (Å²) in [5.41, 5.74) is -3.69. The summed E-state index contributed by atoms with van der Waals surface area (Å²) in [7, 11) is 1.91. The smallest absolute Gasteiger partial charge is 0.360 e. The summed E-state index contributed by atoms with van der Waals surface area (Å²) < 4.78 is 83.0. The lowest BCUT2D eigenvalue weighted by Crippen LogP contribution is -2.38. The Hall–Kier alpha value is -2.72. The van der Waals surface area contributed by atoms with Crippen LogP contribution in [-0.4, -0.2) is 30.7 Å². The monoisotopic (exact) mass is 463 g/mol. The lowest BCUT2D eigenvalue weighted by Gasteiger charge is -2.34. The van der Waals surface area contributed by atoms with Crippen LogP contribution in [0, 0.1) is 12.8 Å². The SMILES string of the molecule is Cc1cc(N(C)[C@H]2CC[C@H](CNC(=O)c3cc(C(F)(F)F)cc(C(F)(F)F)c3)CC2)no1. The number of anilines is 1. The molecule has 0 aliphatic heterocycles. The number of benzene rings is 1. The van der Waals surface area contributed by atoms with Gasteiger partial charge in [-0.15, -0.1) is 0 Å². The van der Waals surface area contributed by atoms with E-state index in [9.17, 15) is 31.1 Å². The Balaban J connectivity index is 1.59. The third-order valence-corrected chi connectivity index (χ3v) is 5.74. The first-order chi connectivity index (χ1) is 14.8. The van der Waals surface area contributed by atoms with Gasteiger partial charge in [0.15, 0.2) is 5.82 Å². The largest absolute Gasteiger partial charge is 0.416 e. The number of amides is 1. The molecule has 1 aliphatic rings. The molecule has 0 spiro atoms. The fourth-order valence-corrected chi connectivity index (χ4v) is 3.87. The van der Waals surface area contributed by atoms with E-state index in [1.54, 1.807) is 6.92 Å². The lowest BCUT2D eigenvalue weighted by molar-refractivity contribution is -0.143. The number of nitrogens with one attached hydrogen (secondary N) is 1. The fraction of sp³-hybridized carbons (Fsp3) is 0.524. The topological polar surface area (TPSA) is 58.4 Å². The molecule has 0 bridgehead atoms. The number of carbonyl (C=O) groups excluding carboxylic acids is 1. The van der Waals surface area contributed by atoms with Gasteiger partial charge in [0.1, 0.15) is 5.76 Å². The van der Waals surface area contributed by atoms with Crippen LogP contribution in [0.2, 0.25) is 0 Å². The molecule has 1 aliphatic carbocycles. The van der Waals surface area contributed by atoms with Crippen molar-refractivity contribution in [2.45, 2.75) is 51.0 Å². The van der Waals surface area contributed by atoms with E-state index in [0.29, 0.717) is 17.9 Å². The van der Waals surface area contributed by atoms with E-state index in [4.69, 9.17) is 4.52 Å². The summed E-state index contributed by atoms with van der Waals surface area (Å²) in [6, 6.07) is 2.94. The van der Waals surface area contributed by atoms with Crippen molar-refractivity contribution in [2.24, 2.45) is 5.92 Å². The number of aryl methyl sites for hydroxylation is 1. The Bertz CT molecular complexity index is 913. The van der Waals surface area contributed by atoms with Crippen LogP contribution >= 0.6 is 0 Å². The molecule has 1 aromatic carbocycles. The van der Waals surface area contributed by atoms with E-state index in [0.717, 1.165) is 31.5 Å². The number of aromatic nitrogens is 1. The third-order valence-electron chi connectivity index (χ3n) is 5.74. The molecule has 32 heavy (non-hydrogen) atoms. The predicted molar refractivity (Wildman–Crippen MR) is 104 cm³/mol. The molecular formula is C21H23F6N3O2. The Morgan fingerprint density at radius 3 is 2.06 bits per heavy atom. The fourth-order valence-electron chi connectivity index (χ4n) is 3.87. The molecule has 0 saturated heterocycles. The molecule has 3 rings (SSSR count). The van der Waals surface area contributed by atoms with E-state index in [1.807, 2.05) is 18.0 Å². The third kappa shape index (κ3) is 5.74. The average Bonchev–Trinajstić information content (AvgIpc) is 3.16. The Labute approximate surface area is 180 Å². The number of hydrogen-bond acceptors (Lipinski definition) is 4. The molecule has 11 heteroatoms. The summed E-state index contributed by atoms with van der Waals surface area (Å²) in [6.07, 6.45) is -6.87. The minimum Gasteiger partial charge on any atom is -0.360 e. The number of nitrogens with zero attached hydrogens (tertiary/aromatic N) is 2. The van der Waals surface area contributed by atoms with Gasteiger partial charge < -0.3 is 14.7 Å². The molecule has 1 amide bonds. The van der Waals surface area contributed by atoms with Gasteiger partial charge in [-0.05, 0) is 56.7 Å². The Morgan fingerprint density at radius 1 is 1.03 bits per heavy atom. The lowest BCUT2D eigenvalue weighted by atomic mass is 9.85. The average molecular weight is 463 g/mol. The van der Waals surface area contributed by atoms with Crippen LogP contribution < -0.4 is 10.2 Å².